The van der Waals surface area contributed by atoms with Crippen LogP contribution in [0.15, 0.2) is 36.5 Å². The summed E-state index contributed by atoms with van der Waals surface area (Å²) in [4.78, 5) is 16.6. The van der Waals surface area contributed by atoms with Crippen molar-refractivity contribution in [3.8, 4) is 11.4 Å². The minimum atomic E-state index is 0.156. The van der Waals surface area contributed by atoms with E-state index in [4.69, 9.17) is 4.98 Å². The normalized spacial score (nSPS) is 14.0. The van der Waals surface area contributed by atoms with Gasteiger partial charge in [-0.3, -0.25) is 9.48 Å². The van der Waals surface area contributed by atoms with Crippen LogP contribution in [0, 0.1) is 6.92 Å². The molecular formula is C20H22N4O. The molecule has 0 bridgehead atoms. The Hall–Kier alpha value is -2.69. The molecule has 0 atom stereocenters. The molecule has 3 aromatic rings. The number of hydrogen-bond acceptors (Lipinski definition) is 3. The molecule has 5 heteroatoms. The molecule has 0 aliphatic heterocycles. The van der Waals surface area contributed by atoms with Gasteiger partial charge in [0.05, 0.1) is 11.2 Å². The molecule has 25 heavy (non-hydrogen) atoms. The number of fused-ring (bicyclic) bond motifs is 1. The fourth-order valence-electron chi connectivity index (χ4n) is 3.07. The Kier molecular flexibility index (Phi) is 3.99. The first kappa shape index (κ1) is 15.8. The predicted octanol–water partition coefficient (Wildman–Crippen LogP) is 3.15. The van der Waals surface area contributed by atoms with Gasteiger partial charge < -0.3 is 5.32 Å². The van der Waals surface area contributed by atoms with E-state index >= 15 is 0 Å². The highest BCUT2D eigenvalue weighted by atomic mass is 16.1. The number of aromatic nitrogens is 3. The Morgan fingerprint density at radius 2 is 2.08 bits per heavy atom. The number of nitrogens with zero attached hydrogens (tertiary/aromatic N) is 3. The second kappa shape index (κ2) is 6.31. The zero-order chi connectivity index (χ0) is 17.4. The lowest BCUT2D eigenvalue weighted by atomic mass is 10.0. The molecule has 0 unspecified atom stereocenters. The van der Waals surface area contributed by atoms with Gasteiger partial charge in [0.15, 0.2) is 0 Å². The number of benzene rings is 1. The molecule has 0 spiro atoms. The summed E-state index contributed by atoms with van der Waals surface area (Å²) in [7, 11) is 1.91. The van der Waals surface area contributed by atoms with Gasteiger partial charge in [-0.05, 0) is 61.6 Å². The zero-order valence-electron chi connectivity index (χ0n) is 14.6. The van der Waals surface area contributed by atoms with Crippen molar-refractivity contribution in [2.75, 3.05) is 0 Å². The van der Waals surface area contributed by atoms with Gasteiger partial charge in [-0.15, -0.1) is 0 Å². The number of hydrogen-bond donors (Lipinski definition) is 1. The Labute approximate surface area is 147 Å². The van der Waals surface area contributed by atoms with Crippen molar-refractivity contribution in [1.29, 1.82) is 0 Å². The monoisotopic (exact) mass is 334 g/mol. The van der Waals surface area contributed by atoms with E-state index in [0.29, 0.717) is 12.5 Å². The van der Waals surface area contributed by atoms with Gasteiger partial charge in [-0.1, -0.05) is 6.07 Å². The second-order valence-corrected chi connectivity index (χ2v) is 6.89. The molecule has 4 rings (SSSR count). The second-order valence-electron chi connectivity index (χ2n) is 6.89. The molecule has 128 valence electrons. The van der Waals surface area contributed by atoms with Gasteiger partial charge in [0.25, 0.3) is 0 Å². The molecule has 1 aromatic carbocycles. The summed E-state index contributed by atoms with van der Waals surface area (Å²) < 4.78 is 1.78. The van der Waals surface area contributed by atoms with E-state index in [0.717, 1.165) is 41.6 Å². The Bertz CT molecular complexity index is 940. The van der Waals surface area contributed by atoms with E-state index in [9.17, 15) is 4.79 Å². The quantitative estimate of drug-likeness (QED) is 0.780. The minimum Gasteiger partial charge on any atom is -0.353 e. The number of aryl methyl sites for hydroxylation is 3. The van der Waals surface area contributed by atoms with E-state index in [2.05, 4.69) is 35.5 Å². The molecule has 2 aromatic heterocycles. The molecule has 1 N–H and O–H groups in total. The van der Waals surface area contributed by atoms with Crippen LogP contribution >= 0.6 is 0 Å². The van der Waals surface area contributed by atoms with Crippen LogP contribution in [-0.2, 0) is 18.3 Å². The van der Waals surface area contributed by atoms with Crippen molar-refractivity contribution >= 4 is 16.8 Å². The molecule has 1 fully saturated rings. The van der Waals surface area contributed by atoms with Crippen LogP contribution in [0.3, 0.4) is 0 Å². The van der Waals surface area contributed by atoms with E-state index in [1.165, 1.54) is 11.1 Å². The summed E-state index contributed by atoms with van der Waals surface area (Å²) >= 11 is 0. The maximum atomic E-state index is 11.9. The summed E-state index contributed by atoms with van der Waals surface area (Å²) in [6, 6.07) is 10.8. The third kappa shape index (κ3) is 3.55. The molecule has 0 radical (unpaired) electrons. The first-order valence-electron chi connectivity index (χ1n) is 8.78. The zero-order valence-corrected chi connectivity index (χ0v) is 14.6. The molecule has 0 saturated heterocycles. The van der Waals surface area contributed by atoms with Crippen molar-refractivity contribution in [3.05, 3.63) is 47.7 Å². The van der Waals surface area contributed by atoms with Gasteiger partial charge in [0.2, 0.25) is 5.91 Å². The lowest BCUT2D eigenvalue weighted by molar-refractivity contribution is -0.121. The lowest BCUT2D eigenvalue weighted by Crippen LogP contribution is -2.25. The summed E-state index contributed by atoms with van der Waals surface area (Å²) in [6.07, 6.45) is 5.49. The van der Waals surface area contributed by atoms with Crippen LogP contribution in [0.5, 0.6) is 0 Å². The highest BCUT2D eigenvalue weighted by Crippen LogP contribution is 2.25. The van der Waals surface area contributed by atoms with Crippen LogP contribution in [0.25, 0.3) is 22.3 Å². The van der Waals surface area contributed by atoms with E-state index in [1.807, 2.05) is 25.4 Å². The molecule has 1 aliphatic rings. The van der Waals surface area contributed by atoms with E-state index < -0.39 is 0 Å². The maximum absolute atomic E-state index is 11.9. The van der Waals surface area contributed by atoms with Crippen LogP contribution < -0.4 is 5.32 Å². The summed E-state index contributed by atoms with van der Waals surface area (Å²) in [5, 5.41) is 8.61. The number of amides is 1. The van der Waals surface area contributed by atoms with Gasteiger partial charge in [0.1, 0.15) is 5.69 Å². The molecular weight excluding hydrogens is 312 g/mol. The van der Waals surface area contributed by atoms with Crippen LogP contribution in [0.2, 0.25) is 0 Å². The smallest absolute Gasteiger partial charge is 0.220 e. The fourth-order valence-corrected chi connectivity index (χ4v) is 3.07. The first-order valence-corrected chi connectivity index (χ1v) is 8.78. The molecule has 5 nitrogen and oxygen atoms in total. The first-order chi connectivity index (χ1) is 12.1. The highest BCUT2D eigenvalue weighted by Gasteiger charge is 2.22. The minimum absolute atomic E-state index is 0.156. The molecule has 1 aliphatic carbocycles. The van der Waals surface area contributed by atoms with Crippen molar-refractivity contribution in [1.82, 2.24) is 20.1 Å². The Morgan fingerprint density at radius 1 is 1.24 bits per heavy atom. The third-order valence-electron chi connectivity index (χ3n) is 4.64. The topological polar surface area (TPSA) is 59.8 Å². The summed E-state index contributed by atoms with van der Waals surface area (Å²) in [5.41, 5.74) is 5.09. The van der Waals surface area contributed by atoms with Crippen molar-refractivity contribution in [2.24, 2.45) is 7.05 Å². The van der Waals surface area contributed by atoms with Crippen LogP contribution in [0.4, 0.5) is 0 Å². The number of carbonyl (C=O) groups is 1. The molecule has 1 amide bonds. The number of pyridine rings is 1. The molecule has 2 heterocycles. The Morgan fingerprint density at radius 3 is 2.80 bits per heavy atom. The SMILES string of the molecule is Cc1cc(-c2ccn(C)n2)nc2ccc(CCC(=O)NC3CC3)cc12. The number of rotatable bonds is 5. The van der Waals surface area contributed by atoms with Crippen molar-refractivity contribution in [3.63, 3.8) is 0 Å². The number of carbonyl (C=O) groups excluding carboxylic acids is 1. The largest absolute Gasteiger partial charge is 0.353 e. The van der Waals surface area contributed by atoms with E-state index in [-0.39, 0.29) is 5.91 Å². The van der Waals surface area contributed by atoms with Crippen molar-refractivity contribution < 1.29 is 4.79 Å². The third-order valence-corrected chi connectivity index (χ3v) is 4.64. The summed E-state index contributed by atoms with van der Waals surface area (Å²) in [6.45, 7) is 2.10. The fraction of sp³-hybridized carbons (Fsp3) is 0.350. The van der Waals surface area contributed by atoms with Crippen LogP contribution in [-0.4, -0.2) is 26.7 Å². The number of nitrogens with one attached hydrogen (secondary N) is 1. The Balaban J connectivity index is 1.55. The van der Waals surface area contributed by atoms with Gasteiger partial charge in [0, 0.05) is 31.1 Å². The average Bonchev–Trinajstić information content (AvgIpc) is 3.30. The van der Waals surface area contributed by atoms with E-state index in [1.54, 1.807) is 4.68 Å². The van der Waals surface area contributed by atoms with Gasteiger partial charge in [-0.25, -0.2) is 4.98 Å². The van der Waals surface area contributed by atoms with Gasteiger partial charge in [-0.2, -0.15) is 5.10 Å². The maximum Gasteiger partial charge on any atom is 0.220 e. The highest BCUT2D eigenvalue weighted by molar-refractivity contribution is 5.85. The lowest BCUT2D eigenvalue weighted by Gasteiger charge is -2.08. The predicted molar refractivity (Wildman–Crippen MR) is 98.2 cm³/mol. The van der Waals surface area contributed by atoms with Crippen LogP contribution in [0.1, 0.15) is 30.4 Å². The van der Waals surface area contributed by atoms with Crippen molar-refractivity contribution in [2.45, 2.75) is 38.6 Å². The summed E-state index contributed by atoms with van der Waals surface area (Å²) in [5.74, 6) is 0.156. The molecule has 1 saturated carbocycles. The van der Waals surface area contributed by atoms with Gasteiger partial charge >= 0.3 is 0 Å². The average molecular weight is 334 g/mol. The standard InChI is InChI=1S/C20H22N4O/c1-13-11-19(18-9-10-24(2)23-18)22-17-7-3-14(12-16(13)17)4-8-20(25)21-15-5-6-15/h3,7,9-12,15H,4-6,8H2,1-2H3,(H,21,25).